The van der Waals surface area contributed by atoms with Gasteiger partial charge in [-0.05, 0) is 40.7 Å². The van der Waals surface area contributed by atoms with Crippen LogP contribution in [0.2, 0.25) is 0 Å². The largest absolute Gasteiger partial charge is 0.480 e. The molecule has 0 aliphatic carbocycles. The fourth-order valence-corrected chi connectivity index (χ4v) is 3.57. The molecule has 0 aliphatic heterocycles. The summed E-state index contributed by atoms with van der Waals surface area (Å²) in [6.45, 7) is 27.7. The molecule has 0 fully saturated rings. The van der Waals surface area contributed by atoms with E-state index in [0.717, 1.165) is 22.0 Å². The molecular weight excluding hydrogens is 807 g/mol. The van der Waals surface area contributed by atoms with Crippen molar-refractivity contribution in [2.75, 3.05) is 0 Å². The number of carboxylic acid groups (broad SMARTS) is 3. The van der Waals surface area contributed by atoms with Crippen LogP contribution in [0.3, 0.4) is 0 Å². The summed E-state index contributed by atoms with van der Waals surface area (Å²) in [6.07, 6.45) is 10.5. The number of carbonyl (C=O) groups is 3. The number of pyridine rings is 1. The molecular formula is C44H85N13O6. The Morgan fingerprint density at radius 2 is 1.03 bits per heavy atom. The van der Waals surface area contributed by atoms with Crippen molar-refractivity contribution < 1.29 is 29.7 Å². The molecule has 0 aromatic carbocycles. The number of nitrogens with zero attached hydrogens (tertiary/aromatic N) is 13. The van der Waals surface area contributed by atoms with E-state index in [1.54, 1.807) is 31.0 Å². The molecule has 0 bridgehead atoms. The molecule has 0 saturated carbocycles. The van der Waals surface area contributed by atoms with Crippen LogP contribution in [-0.2, 0) is 34.0 Å². The third-order valence-electron chi connectivity index (χ3n) is 6.58. The smallest absolute Gasteiger partial charge is 0.327 e. The molecule has 5 rings (SSSR count). The van der Waals surface area contributed by atoms with Crippen LogP contribution < -0.4 is 0 Å². The zero-order chi connectivity index (χ0) is 44.8. The summed E-state index contributed by atoms with van der Waals surface area (Å²) in [5.74, 6) is 0.449. The summed E-state index contributed by atoms with van der Waals surface area (Å²) >= 11 is 0. The van der Waals surface area contributed by atoms with Gasteiger partial charge in [-0.3, -0.25) is 19.4 Å². The maximum Gasteiger partial charge on any atom is 0.327 e. The van der Waals surface area contributed by atoms with Gasteiger partial charge in [0.2, 0.25) is 0 Å². The van der Waals surface area contributed by atoms with E-state index >= 15 is 0 Å². The second-order valence-corrected chi connectivity index (χ2v) is 13.2. The number of tetrazole rings is 1. The molecule has 19 nitrogen and oxygen atoms in total. The summed E-state index contributed by atoms with van der Waals surface area (Å²) in [4.78, 5) is 45.1. The minimum atomic E-state index is -0.970. The minimum Gasteiger partial charge on any atom is -0.480 e. The molecule has 0 amide bonds. The van der Waals surface area contributed by atoms with Crippen LogP contribution in [0, 0.1) is 0 Å². The lowest BCUT2D eigenvalue weighted by molar-refractivity contribution is -0.139. The van der Waals surface area contributed by atoms with Crippen molar-refractivity contribution in [1.82, 2.24) is 65.1 Å². The molecule has 0 atom stereocenters. The zero-order valence-corrected chi connectivity index (χ0v) is 36.6. The molecule has 19 heteroatoms. The van der Waals surface area contributed by atoms with Gasteiger partial charge >= 0.3 is 17.9 Å². The van der Waals surface area contributed by atoms with E-state index in [4.69, 9.17) is 15.3 Å². The van der Waals surface area contributed by atoms with Gasteiger partial charge in [0.1, 0.15) is 12.4 Å². The Balaban J connectivity index is -0.000000120. The van der Waals surface area contributed by atoms with Gasteiger partial charge in [-0.25, -0.2) is 14.6 Å². The summed E-state index contributed by atoms with van der Waals surface area (Å²) in [5, 5.41) is 51.6. The summed E-state index contributed by atoms with van der Waals surface area (Å²) in [6, 6.07) is 5.89. The number of aliphatic carboxylic acids is 3. The summed E-state index contributed by atoms with van der Waals surface area (Å²) in [5.41, 5.74) is 2.94. The van der Waals surface area contributed by atoms with Crippen LogP contribution in [0.25, 0.3) is 0 Å². The number of hydrogen-bond donors (Lipinski definition) is 3. The molecule has 0 saturated heterocycles. The Morgan fingerprint density at radius 1 is 0.540 bits per heavy atom. The lowest BCUT2D eigenvalue weighted by atomic mass is 10.1. The fraction of sp³-hybridized carbons (Fsp3) is 0.614. The Hall–Kier alpha value is -6.01. The van der Waals surface area contributed by atoms with Crippen molar-refractivity contribution in [2.45, 2.75) is 183 Å². The van der Waals surface area contributed by atoms with Crippen LogP contribution in [0.5, 0.6) is 0 Å². The van der Waals surface area contributed by atoms with Gasteiger partial charge in [-0.15, -0.1) is 15.3 Å². The maximum absolute atomic E-state index is 10.3. The fourth-order valence-electron chi connectivity index (χ4n) is 3.57. The van der Waals surface area contributed by atoms with Crippen molar-refractivity contribution >= 4 is 17.9 Å². The Labute approximate surface area is 379 Å². The van der Waals surface area contributed by atoms with Crippen molar-refractivity contribution in [3.8, 4) is 0 Å². The predicted molar refractivity (Wildman–Crippen MR) is 254 cm³/mol. The molecule has 5 aromatic heterocycles. The average Bonchev–Trinajstić information content (AvgIpc) is 3.97. The summed E-state index contributed by atoms with van der Waals surface area (Å²) < 4.78 is 1.32. The zero-order valence-electron chi connectivity index (χ0n) is 36.6. The molecule has 0 spiro atoms. The number of carboxylic acids is 3. The molecule has 0 unspecified atom stereocenters. The highest BCUT2D eigenvalue weighted by Gasteiger charge is 2.09. The molecule has 5 heterocycles. The quantitative estimate of drug-likeness (QED) is 0.111. The normalized spacial score (nSPS) is 9.13. The third kappa shape index (κ3) is 34.3. The van der Waals surface area contributed by atoms with Crippen LogP contribution in [0.15, 0.2) is 55.4 Å². The van der Waals surface area contributed by atoms with Gasteiger partial charge in [0.05, 0.1) is 17.6 Å². The van der Waals surface area contributed by atoms with E-state index in [9.17, 15) is 14.4 Å². The number of hydrogen-bond acceptors (Lipinski definition) is 13. The highest BCUT2D eigenvalue weighted by molar-refractivity contribution is 5.66. The van der Waals surface area contributed by atoms with Gasteiger partial charge in [-0.1, -0.05) is 145 Å². The molecule has 0 radical (unpaired) electrons. The maximum atomic E-state index is 10.3. The van der Waals surface area contributed by atoms with Crippen LogP contribution >= 0.6 is 0 Å². The van der Waals surface area contributed by atoms with E-state index in [0.29, 0.717) is 17.7 Å². The predicted octanol–water partition coefficient (Wildman–Crippen LogP) is 9.89. The second kappa shape index (κ2) is 41.3. The topological polar surface area (TPSA) is 256 Å². The third-order valence-corrected chi connectivity index (χ3v) is 6.58. The lowest BCUT2D eigenvalue weighted by Gasteiger charge is -2.00. The van der Waals surface area contributed by atoms with E-state index < -0.39 is 17.9 Å². The first-order valence-corrected chi connectivity index (χ1v) is 19.3. The van der Waals surface area contributed by atoms with Gasteiger partial charge in [0, 0.05) is 42.8 Å². The first-order valence-electron chi connectivity index (χ1n) is 19.3. The molecule has 3 N–H and O–H groups in total. The van der Waals surface area contributed by atoms with E-state index in [2.05, 4.69) is 84.6 Å². The monoisotopic (exact) mass is 892 g/mol. The lowest BCUT2D eigenvalue weighted by Crippen LogP contribution is -2.11. The standard InChI is InChI=1S/C8H11N.2C7H11N3O2.C7H10N2.C6H10N4O2.2C2H6.5CH4/c1-7(2)8-4-3-5-9-6-8;1-5(2)6-3-10(9-8-6)4-7(11)12;1-5(2)6-3-8-10(9-6)4-7(11)12;1-6(2)7-8-4-3-5-9-7;1-4(2)6-7-9-10(8-6)3-5(11)12;2*1-2;;;;;/h3-7H,1-2H3;2*3,5H,4H2,1-2H3,(H,11,12);3-6H,1-2H3;4H,3H2,1-2H3,(H,11,12);2*1-2H3;5*1H4. The molecule has 63 heavy (non-hydrogen) atoms. The first-order chi connectivity index (χ1) is 27.4. The average molecular weight is 892 g/mol. The number of rotatable bonds is 11. The molecule has 5 aromatic rings. The van der Waals surface area contributed by atoms with E-state index in [1.807, 2.05) is 87.6 Å². The van der Waals surface area contributed by atoms with Crippen LogP contribution in [-0.4, -0.2) is 98.4 Å². The van der Waals surface area contributed by atoms with Crippen molar-refractivity contribution in [2.24, 2.45) is 0 Å². The van der Waals surface area contributed by atoms with Gasteiger partial charge in [-0.2, -0.15) is 19.8 Å². The SMILES string of the molecule is C.C.C.C.C.CC.CC.CC(C)c1cccnc1.CC(C)c1cn(CC(=O)O)nn1.CC(C)c1cnn(CC(=O)O)n1.CC(C)c1ncccn1.CC(C)c1nnn(CC(=O)O)n1. The van der Waals surface area contributed by atoms with Crippen molar-refractivity contribution in [3.05, 3.63) is 84.0 Å². The van der Waals surface area contributed by atoms with Gasteiger partial charge in [0.15, 0.2) is 18.9 Å². The second-order valence-electron chi connectivity index (χ2n) is 13.2. The highest BCUT2D eigenvalue weighted by atomic mass is 16.4. The number of aromatic nitrogens is 13. The minimum absolute atomic E-state index is 0. The first kappa shape index (κ1) is 71.5. The highest BCUT2D eigenvalue weighted by Crippen LogP contribution is 2.11. The van der Waals surface area contributed by atoms with E-state index in [1.165, 1.54) is 15.0 Å². The van der Waals surface area contributed by atoms with Crippen molar-refractivity contribution in [3.63, 3.8) is 0 Å². The summed E-state index contributed by atoms with van der Waals surface area (Å²) in [7, 11) is 0. The van der Waals surface area contributed by atoms with Crippen LogP contribution in [0.1, 0.15) is 192 Å². The Kier molecular flexibility index (Phi) is 46.9. The Bertz CT molecular complexity index is 1610. The Morgan fingerprint density at radius 3 is 1.37 bits per heavy atom. The van der Waals surface area contributed by atoms with Gasteiger partial charge in [0.25, 0.3) is 0 Å². The van der Waals surface area contributed by atoms with Crippen LogP contribution in [0.4, 0.5) is 0 Å². The van der Waals surface area contributed by atoms with Crippen molar-refractivity contribution in [1.29, 1.82) is 0 Å². The molecule has 0 aliphatic rings. The van der Waals surface area contributed by atoms with E-state index in [-0.39, 0.29) is 74.5 Å². The molecule has 362 valence electrons. The van der Waals surface area contributed by atoms with Gasteiger partial charge < -0.3 is 15.3 Å².